The third-order valence-corrected chi connectivity index (χ3v) is 5.33. The van der Waals surface area contributed by atoms with Gasteiger partial charge in [-0.25, -0.2) is 0 Å². The highest BCUT2D eigenvalue weighted by molar-refractivity contribution is 7.15. The summed E-state index contributed by atoms with van der Waals surface area (Å²) < 4.78 is 0. The highest BCUT2D eigenvalue weighted by atomic mass is 32.1. The first-order valence-corrected chi connectivity index (χ1v) is 7.81. The highest BCUT2D eigenvalue weighted by Crippen LogP contribution is 2.42. The summed E-state index contributed by atoms with van der Waals surface area (Å²) in [7, 11) is 0. The summed E-state index contributed by atoms with van der Waals surface area (Å²) >= 11 is 1.76. The molecule has 1 nitrogen and oxygen atoms in total. The molecule has 0 bridgehead atoms. The fourth-order valence-electron chi connectivity index (χ4n) is 2.72. The summed E-state index contributed by atoms with van der Waals surface area (Å²) in [5.74, 6) is 0.562. The molecule has 1 aromatic heterocycles. The van der Waals surface area contributed by atoms with Gasteiger partial charge in [0.05, 0.1) is 6.10 Å². The van der Waals surface area contributed by atoms with Crippen LogP contribution in [0.5, 0.6) is 0 Å². The Kier molecular flexibility index (Phi) is 3.23. The van der Waals surface area contributed by atoms with E-state index in [4.69, 9.17) is 0 Å². The van der Waals surface area contributed by atoms with Crippen LogP contribution in [-0.2, 0) is 12.8 Å². The van der Waals surface area contributed by atoms with Crippen LogP contribution >= 0.6 is 11.3 Å². The van der Waals surface area contributed by atoms with E-state index in [1.165, 1.54) is 27.1 Å². The molecule has 0 spiro atoms. The van der Waals surface area contributed by atoms with E-state index in [-0.39, 0.29) is 6.10 Å². The SMILES string of the molecule is CC(C)c1ccc2c(c1)-c1sc(C(C)O)cc1CC2. The minimum Gasteiger partial charge on any atom is -0.388 e. The van der Waals surface area contributed by atoms with Gasteiger partial charge in [0.1, 0.15) is 0 Å². The molecular weight excluding hydrogens is 252 g/mol. The Bertz CT molecular complexity index is 608. The molecule has 1 aliphatic rings. The zero-order valence-electron chi connectivity index (χ0n) is 11.7. The average Bonchev–Trinajstić information content (AvgIpc) is 2.82. The number of aliphatic hydroxyl groups excluding tert-OH is 1. The molecule has 100 valence electrons. The van der Waals surface area contributed by atoms with E-state index in [2.05, 4.69) is 38.1 Å². The Morgan fingerprint density at radius 1 is 1.05 bits per heavy atom. The van der Waals surface area contributed by atoms with Crippen molar-refractivity contribution in [3.05, 3.63) is 45.8 Å². The predicted octanol–water partition coefficient (Wildman–Crippen LogP) is 4.69. The number of aliphatic hydroxyl groups is 1. The van der Waals surface area contributed by atoms with Crippen molar-refractivity contribution in [2.75, 3.05) is 0 Å². The van der Waals surface area contributed by atoms with E-state index in [0.29, 0.717) is 5.92 Å². The number of benzene rings is 1. The van der Waals surface area contributed by atoms with Gasteiger partial charge < -0.3 is 5.11 Å². The van der Waals surface area contributed by atoms with Crippen LogP contribution in [0.1, 0.15) is 54.4 Å². The lowest BCUT2D eigenvalue weighted by molar-refractivity contribution is 0.203. The van der Waals surface area contributed by atoms with Crippen molar-refractivity contribution in [1.29, 1.82) is 0 Å². The fourth-order valence-corrected chi connectivity index (χ4v) is 3.92. The number of fused-ring (bicyclic) bond motifs is 3. The molecule has 0 aliphatic heterocycles. The Balaban J connectivity index is 2.13. The highest BCUT2D eigenvalue weighted by Gasteiger charge is 2.21. The number of rotatable bonds is 2. The van der Waals surface area contributed by atoms with Crippen LogP contribution in [0.3, 0.4) is 0 Å². The number of hydrogen-bond acceptors (Lipinski definition) is 2. The van der Waals surface area contributed by atoms with Gasteiger partial charge in [0.15, 0.2) is 0 Å². The van der Waals surface area contributed by atoms with Gasteiger partial charge in [0, 0.05) is 9.75 Å². The Labute approximate surface area is 118 Å². The van der Waals surface area contributed by atoms with E-state index in [1.807, 2.05) is 6.92 Å². The summed E-state index contributed by atoms with van der Waals surface area (Å²) in [6, 6.07) is 9.09. The lowest BCUT2D eigenvalue weighted by atomic mass is 9.88. The monoisotopic (exact) mass is 272 g/mol. The molecule has 0 amide bonds. The van der Waals surface area contributed by atoms with Crippen LogP contribution in [0.4, 0.5) is 0 Å². The first kappa shape index (κ1) is 12.9. The maximum absolute atomic E-state index is 9.77. The van der Waals surface area contributed by atoms with Crippen LogP contribution in [0.25, 0.3) is 10.4 Å². The number of thiophene rings is 1. The second-order valence-corrected chi connectivity index (χ2v) is 6.83. The average molecular weight is 272 g/mol. The standard InChI is InChI=1S/C17H20OS/c1-10(2)13-6-4-12-5-7-14-9-16(11(3)18)19-17(14)15(12)8-13/h4,6,8-11,18H,5,7H2,1-3H3. The van der Waals surface area contributed by atoms with Gasteiger partial charge in [-0.2, -0.15) is 0 Å². The molecule has 1 atom stereocenters. The third-order valence-electron chi connectivity index (χ3n) is 3.95. The van der Waals surface area contributed by atoms with Gasteiger partial charge in [0.25, 0.3) is 0 Å². The van der Waals surface area contributed by atoms with Crippen LogP contribution < -0.4 is 0 Å². The van der Waals surface area contributed by atoms with Gasteiger partial charge in [-0.3, -0.25) is 0 Å². The second kappa shape index (κ2) is 4.77. The van der Waals surface area contributed by atoms with Crippen molar-refractivity contribution >= 4 is 11.3 Å². The van der Waals surface area contributed by atoms with Crippen LogP contribution in [0, 0.1) is 0 Å². The van der Waals surface area contributed by atoms with Gasteiger partial charge in [-0.05, 0) is 60.1 Å². The quantitative estimate of drug-likeness (QED) is 0.841. The van der Waals surface area contributed by atoms with E-state index in [0.717, 1.165) is 17.7 Å². The Morgan fingerprint density at radius 2 is 1.79 bits per heavy atom. The van der Waals surface area contributed by atoms with E-state index < -0.39 is 0 Å². The van der Waals surface area contributed by atoms with E-state index in [1.54, 1.807) is 11.3 Å². The molecule has 1 heterocycles. The normalized spacial score (nSPS) is 15.2. The molecule has 0 fully saturated rings. The minimum absolute atomic E-state index is 0.354. The lowest BCUT2D eigenvalue weighted by Gasteiger charge is -2.18. The van der Waals surface area contributed by atoms with Crippen molar-refractivity contribution in [3.8, 4) is 10.4 Å². The van der Waals surface area contributed by atoms with Crippen LogP contribution in [0.15, 0.2) is 24.3 Å². The summed E-state index contributed by atoms with van der Waals surface area (Å²) in [4.78, 5) is 2.47. The fraction of sp³-hybridized carbons (Fsp3) is 0.412. The van der Waals surface area contributed by atoms with Gasteiger partial charge in [-0.15, -0.1) is 11.3 Å². The maximum Gasteiger partial charge on any atom is 0.0854 e. The summed E-state index contributed by atoms with van der Waals surface area (Å²) in [5.41, 5.74) is 5.66. The van der Waals surface area contributed by atoms with Crippen molar-refractivity contribution in [3.63, 3.8) is 0 Å². The first-order valence-electron chi connectivity index (χ1n) is 7.00. The van der Waals surface area contributed by atoms with Crippen molar-refractivity contribution in [2.45, 2.75) is 45.6 Å². The van der Waals surface area contributed by atoms with Gasteiger partial charge >= 0.3 is 0 Å². The minimum atomic E-state index is -0.354. The topological polar surface area (TPSA) is 20.2 Å². The zero-order valence-corrected chi connectivity index (χ0v) is 12.6. The zero-order chi connectivity index (χ0) is 13.6. The number of hydrogen-bond donors (Lipinski definition) is 1. The number of aryl methyl sites for hydroxylation is 2. The summed E-state index contributed by atoms with van der Waals surface area (Å²) in [5, 5.41) is 9.77. The Morgan fingerprint density at radius 3 is 2.47 bits per heavy atom. The molecule has 1 aliphatic carbocycles. The van der Waals surface area contributed by atoms with Crippen LogP contribution in [0.2, 0.25) is 0 Å². The molecule has 0 saturated carbocycles. The van der Waals surface area contributed by atoms with Crippen molar-refractivity contribution in [1.82, 2.24) is 0 Å². The molecule has 2 heteroatoms. The molecule has 0 radical (unpaired) electrons. The molecular formula is C17H20OS. The second-order valence-electron chi connectivity index (χ2n) is 5.75. The molecule has 1 aromatic carbocycles. The predicted molar refractivity (Wildman–Crippen MR) is 81.9 cm³/mol. The third kappa shape index (κ3) is 2.24. The summed E-state index contributed by atoms with van der Waals surface area (Å²) in [6.45, 7) is 6.32. The molecule has 3 rings (SSSR count). The van der Waals surface area contributed by atoms with Gasteiger partial charge in [-0.1, -0.05) is 26.0 Å². The molecule has 19 heavy (non-hydrogen) atoms. The summed E-state index contributed by atoms with van der Waals surface area (Å²) in [6.07, 6.45) is 1.87. The van der Waals surface area contributed by atoms with E-state index in [9.17, 15) is 5.11 Å². The Hall–Kier alpha value is -1.12. The molecule has 1 N–H and O–H groups in total. The lowest BCUT2D eigenvalue weighted by Crippen LogP contribution is -2.02. The molecule has 2 aromatic rings. The maximum atomic E-state index is 9.77. The van der Waals surface area contributed by atoms with Crippen LogP contribution in [-0.4, -0.2) is 5.11 Å². The van der Waals surface area contributed by atoms with Crippen molar-refractivity contribution < 1.29 is 5.11 Å². The molecule has 0 saturated heterocycles. The van der Waals surface area contributed by atoms with E-state index >= 15 is 0 Å². The molecule has 1 unspecified atom stereocenters. The van der Waals surface area contributed by atoms with Crippen molar-refractivity contribution in [2.24, 2.45) is 0 Å². The first-order chi connectivity index (χ1) is 9.06. The smallest absolute Gasteiger partial charge is 0.0854 e. The van der Waals surface area contributed by atoms with Gasteiger partial charge in [0.2, 0.25) is 0 Å². The largest absolute Gasteiger partial charge is 0.388 e.